The van der Waals surface area contributed by atoms with Crippen LogP contribution in [0.1, 0.15) is 0 Å². The molecule has 3 N–H and O–H groups in total. The summed E-state index contributed by atoms with van der Waals surface area (Å²) in [7, 11) is 0. The lowest BCUT2D eigenvalue weighted by atomic mass is 10.4. The fourth-order valence-corrected chi connectivity index (χ4v) is 0.236. The van der Waals surface area contributed by atoms with Crippen LogP contribution in [0, 0.1) is 0 Å². The first kappa shape index (κ1) is 8.35. The van der Waals surface area contributed by atoms with Crippen molar-refractivity contribution in [2.24, 2.45) is 0 Å². The average molecular weight is 136 g/mol. The minimum Gasteiger partial charge on any atom is -0.479 e. The molecule has 0 aliphatic carbocycles. The van der Waals surface area contributed by atoms with Gasteiger partial charge in [-0.15, -0.1) is 0 Å². The van der Waals surface area contributed by atoms with Gasteiger partial charge in [0.25, 0.3) is 0 Å². The molecule has 0 unspecified atom stereocenters. The standard InChI is InChI=1S/C4H8O5/c5-2-9-1-3(6)4(7)8/h3,5-6H,1-2H2,(H,7,8)/t3-/m0/s1. The van der Waals surface area contributed by atoms with Crippen molar-refractivity contribution >= 4 is 5.97 Å². The van der Waals surface area contributed by atoms with Gasteiger partial charge in [-0.05, 0) is 0 Å². The fourth-order valence-electron chi connectivity index (χ4n) is 0.236. The molecular weight excluding hydrogens is 128 g/mol. The number of hydrogen-bond donors (Lipinski definition) is 3. The van der Waals surface area contributed by atoms with E-state index in [0.29, 0.717) is 0 Å². The first-order valence-corrected chi connectivity index (χ1v) is 2.28. The van der Waals surface area contributed by atoms with Crippen LogP contribution in [-0.2, 0) is 9.53 Å². The number of ether oxygens (including phenoxy) is 1. The Hall–Kier alpha value is -0.650. The molecule has 0 amide bonds. The molecule has 0 aromatic rings. The highest BCUT2D eigenvalue weighted by atomic mass is 16.6. The van der Waals surface area contributed by atoms with E-state index in [9.17, 15) is 4.79 Å². The van der Waals surface area contributed by atoms with Crippen LogP contribution in [0.15, 0.2) is 0 Å². The van der Waals surface area contributed by atoms with E-state index >= 15 is 0 Å². The van der Waals surface area contributed by atoms with Gasteiger partial charge in [0, 0.05) is 0 Å². The van der Waals surface area contributed by atoms with E-state index in [2.05, 4.69) is 4.74 Å². The maximum Gasteiger partial charge on any atom is 0.334 e. The average Bonchev–Trinajstić information content (AvgIpc) is 1.82. The van der Waals surface area contributed by atoms with Gasteiger partial charge in [0.2, 0.25) is 0 Å². The van der Waals surface area contributed by atoms with E-state index in [-0.39, 0.29) is 6.61 Å². The second kappa shape index (κ2) is 4.25. The van der Waals surface area contributed by atoms with E-state index in [1.165, 1.54) is 0 Å². The summed E-state index contributed by atoms with van der Waals surface area (Å²) >= 11 is 0. The maximum atomic E-state index is 9.79. The predicted octanol–water partition coefficient (Wildman–Crippen LogP) is -1.60. The second-order valence-electron chi connectivity index (χ2n) is 1.35. The molecular formula is C4H8O5. The zero-order chi connectivity index (χ0) is 7.28. The van der Waals surface area contributed by atoms with Crippen molar-refractivity contribution in [3.05, 3.63) is 0 Å². The third kappa shape index (κ3) is 3.89. The van der Waals surface area contributed by atoms with Crippen molar-refractivity contribution in [3.63, 3.8) is 0 Å². The lowest BCUT2D eigenvalue weighted by Gasteiger charge is -2.02. The largest absolute Gasteiger partial charge is 0.479 e. The molecule has 5 nitrogen and oxygen atoms in total. The number of carboxylic acid groups (broad SMARTS) is 1. The Labute approximate surface area is 51.5 Å². The molecule has 0 spiro atoms. The molecule has 0 aromatic carbocycles. The third-order valence-corrected chi connectivity index (χ3v) is 0.652. The van der Waals surface area contributed by atoms with Crippen LogP contribution in [0.25, 0.3) is 0 Å². The van der Waals surface area contributed by atoms with Crippen LogP contribution in [0.3, 0.4) is 0 Å². The molecule has 1 atom stereocenters. The molecule has 0 heterocycles. The normalized spacial score (nSPS) is 13.1. The molecule has 5 heteroatoms. The van der Waals surface area contributed by atoms with E-state index < -0.39 is 18.9 Å². The second-order valence-corrected chi connectivity index (χ2v) is 1.35. The van der Waals surface area contributed by atoms with Crippen LogP contribution in [-0.4, -0.2) is 40.8 Å². The Morgan fingerprint density at radius 2 is 2.22 bits per heavy atom. The summed E-state index contributed by atoms with van der Waals surface area (Å²) in [6.45, 7) is -0.962. The van der Waals surface area contributed by atoms with Gasteiger partial charge in [0.15, 0.2) is 6.10 Å². The Morgan fingerprint density at radius 3 is 2.56 bits per heavy atom. The van der Waals surface area contributed by atoms with E-state index in [0.717, 1.165) is 0 Å². The van der Waals surface area contributed by atoms with Crippen molar-refractivity contribution in [3.8, 4) is 0 Å². The highest BCUT2D eigenvalue weighted by Gasteiger charge is 2.11. The fraction of sp³-hybridized carbons (Fsp3) is 0.750. The van der Waals surface area contributed by atoms with E-state index in [4.69, 9.17) is 15.3 Å². The zero-order valence-corrected chi connectivity index (χ0v) is 4.65. The van der Waals surface area contributed by atoms with Gasteiger partial charge >= 0.3 is 5.97 Å². The number of rotatable bonds is 4. The Kier molecular flexibility index (Phi) is 3.94. The van der Waals surface area contributed by atoms with Crippen molar-refractivity contribution in [1.29, 1.82) is 0 Å². The van der Waals surface area contributed by atoms with E-state index in [1.54, 1.807) is 0 Å². The van der Waals surface area contributed by atoms with Crippen LogP contribution in [0.5, 0.6) is 0 Å². The number of aliphatic hydroxyl groups is 2. The monoisotopic (exact) mass is 136 g/mol. The molecule has 0 aromatic heterocycles. The molecule has 9 heavy (non-hydrogen) atoms. The topological polar surface area (TPSA) is 87.0 Å². The van der Waals surface area contributed by atoms with Gasteiger partial charge in [0.1, 0.15) is 6.79 Å². The summed E-state index contributed by atoms with van der Waals surface area (Å²) in [4.78, 5) is 9.79. The molecule has 0 radical (unpaired) electrons. The number of hydrogen-bond acceptors (Lipinski definition) is 4. The first-order chi connectivity index (χ1) is 4.18. The summed E-state index contributed by atoms with van der Waals surface area (Å²) in [5, 5.41) is 24.4. The quantitative estimate of drug-likeness (QED) is 0.405. The number of aliphatic carboxylic acids is 1. The maximum absolute atomic E-state index is 9.79. The predicted molar refractivity (Wildman–Crippen MR) is 26.7 cm³/mol. The minimum absolute atomic E-state index is 0.383. The lowest BCUT2D eigenvalue weighted by Crippen LogP contribution is -2.25. The van der Waals surface area contributed by atoms with E-state index in [1.807, 2.05) is 0 Å². The van der Waals surface area contributed by atoms with Crippen molar-refractivity contribution in [2.45, 2.75) is 6.10 Å². The smallest absolute Gasteiger partial charge is 0.334 e. The summed E-state index contributed by atoms with van der Waals surface area (Å²) in [5.74, 6) is -1.36. The van der Waals surface area contributed by atoms with Gasteiger partial charge in [-0.2, -0.15) is 0 Å². The Balaban J connectivity index is 3.27. The first-order valence-electron chi connectivity index (χ1n) is 2.28. The van der Waals surface area contributed by atoms with Gasteiger partial charge in [-0.25, -0.2) is 4.79 Å². The van der Waals surface area contributed by atoms with Gasteiger partial charge in [0.05, 0.1) is 6.61 Å². The molecule has 0 rings (SSSR count). The number of carbonyl (C=O) groups is 1. The van der Waals surface area contributed by atoms with Crippen LogP contribution in [0.4, 0.5) is 0 Å². The third-order valence-electron chi connectivity index (χ3n) is 0.652. The SMILES string of the molecule is O=C(O)[C@@H](O)COCO. The highest BCUT2D eigenvalue weighted by molar-refractivity contribution is 5.71. The lowest BCUT2D eigenvalue weighted by molar-refractivity contribution is -0.151. The van der Waals surface area contributed by atoms with Crippen molar-refractivity contribution in [2.75, 3.05) is 13.4 Å². The van der Waals surface area contributed by atoms with Crippen molar-refractivity contribution < 1.29 is 24.9 Å². The number of carboxylic acids is 1. The van der Waals surface area contributed by atoms with Crippen LogP contribution in [0.2, 0.25) is 0 Å². The van der Waals surface area contributed by atoms with Gasteiger partial charge in [-0.3, -0.25) is 0 Å². The summed E-state index contributed by atoms with van der Waals surface area (Å²) in [6.07, 6.45) is -1.54. The highest BCUT2D eigenvalue weighted by Crippen LogP contribution is 1.82. The molecule has 0 bridgehead atoms. The van der Waals surface area contributed by atoms with Crippen LogP contribution >= 0.6 is 0 Å². The molecule has 0 fully saturated rings. The molecule has 0 aliphatic heterocycles. The minimum atomic E-state index is -1.54. The van der Waals surface area contributed by atoms with Gasteiger partial charge < -0.3 is 20.1 Å². The van der Waals surface area contributed by atoms with Crippen molar-refractivity contribution in [1.82, 2.24) is 0 Å². The molecule has 0 saturated heterocycles. The summed E-state index contributed by atoms with van der Waals surface area (Å²) in [6, 6.07) is 0. The van der Waals surface area contributed by atoms with Gasteiger partial charge in [-0.1, -0.05) is 0 Å². The molecule has 54 valence electrons. The Bertz CT molecular complexity index is 91.0. The Morgan fingerprint density at radius 1 is 1.67 bits per heavy atom. The zero-order valence-electron chi connectivity index (χ0n) is 4.65. The van der Waals surface area contributed by atoms with Crippen LogP contribution < -0.4 is 0 Å². The molecule has 0 aliphatic rings. The summed E-state index contributed by atoms with van der Waals surface area (Å²) in [5.41, 5.74) is 0. The number of aliphatic hydroxyl groups excluding tert-OH is 2. The molecule has 0 saturated carbocycles. The summed E-state index contributed by atoms with van der Waals surface area (Å²) < 4.78 is 4.18.